The molecule has 31 nitrogen and oxygen atoms in total. The van der Waals surface area contributed by atoms with Gasteiger partial charge in [-0.25, -0.2) is 39.9 Å². The highest BCUT2D eigenvalue weighted by Crippen LogP contribution is 2.26. The maximum absolute atomic E-state index is 8.48. The molecule has 6 aliphatic heterocycles. The van der Waals surface area contributed by atoms with Crippen LogP contribution in [0.25, 0.3) is 0 Å². The Hall–Kier alpha value is -7.90. The third kappa shape index (κ3) is 37.0. The summed E-state index contributed by atoms with van der Waals surface area (Å²) in [5.41, 5.74) is 3.88. The minimum Gasteiger partial charge on any atom is -0.477 e. The molecule has 0 radical (unpaired) electrons. The molecule has 6 saturated heterocycles. The van der Waals surface area contributed by atoms with Crippen molar-refractivity contribution in [3.63, 3.8) is 0 Å². The molecule has 118 heavy (non-hydrogen) atoms. The van der Waals surface area contributed by atoms with Gasteiger partial charge in [-0.2, -0.15) is 19.9 Å². The summed E-state index contributed by atoms with van der Waals surface area (Å²) >= 11 is 57.4. The maximum Gasteiger partial charge on any atom is 0.319 e. The second kappa shape index (κ2) is 54.4. The van der Waals surface area contributed by atoms with Gasteiger partial charge in [0.05, 0.1) is 85.9 Å². The summed E-state index contributed by atoms with van der Waals surface area (Å²) in [4.78, 5) is 75.9. The molecule has 0 amide bonds. The summed E-state index contributed by atoms with van der Waals surface area (Å²) in [7, 11) is 0. The van der Waals surface area contributed by atoms with Crippen LogP contribution in [0.2, 0.25) is 51.9 Å². The highest BCUT2D eigenvalue weighted by atomic mass is 35.5. The Morgan fingerprint density at radius 2 is 0.602 bits per heavy atom. The average molecular weight is 1820 g/mol. The fraction of sp³-hybridized carbons (Fsp3) is 0.429. The van der Waals surface area contributed by atoms with E-state index < -0.39 is 0 Å². The quantitative estimate of drug-likeness (QED) is 0.0580. The van der Waals surface area contributed by atoms with E-state index in [-0.39, 0.29) is 32.8 Å². The second-order valence-corrected chi connectivity index (χ2v) is 28.9. The van der Waals surface area contributed by atoms with Crippen LogP contribution in [0.15, 0.2) is 134 Å². The summed E-state index contributed by atoms with van der Waals surface area (Å²) < 4.78 is 48.5. The van der Waals surface area contributed by atoms with Crippen LogP contribution in [-0.2, 0) is 54.1 Å². The third-order valence-corrected chi connectivity index (χ3v) is 18.5. The van der Waals surface area contributed by atoms with Crippen LogP contribution in [0.4, 0.5) is 29.4 Å². The lowest BCUT2D eigenvalue weighted by Crippen LogP contribution is -2.37. The number of rotatable bonds is 19. The van der Waals surface area contributed by atoms with Crippen LogP contribution >= 0.6 is 116 Å². The van der Waals surface area contributed by atoms with Crippen molar-refractivity contribution < 1.29 is 47.7 Å². The zero-order chi connectivity index (χ0) is 83.2. The smallest absolute Gasteiger partial charge is 0.319 e. The number of hydrogen-bond donors (Lipinski definition) is 1. The molecule has 1 N–H and O–H groups in total. The number of halogens is 10. The van der Waals surface area contributed by atoms with E-state index in [0.29, 0.717) is 154 Å². The van der Waals surface area contributed by atoms with Crippen LogP contribution in [-0.4, -0.2) is 256 Å². The first kappa shape index (κ1) is 94.0. The van der Waals surface area contributed by atoms with Gasteiger partial charge in [-0.15, -0.1) is 0 Å². The molecular formula is C77H89Cl10N21O10. The standard InChI is InChI=1S/3C15H17ClN4O2.2C8H9Cl2N3O.C7H9NO.C5H10O.C4HCl3N2/c16-15-18-13(20-6-9-21-10-7-20)11-14(19-15)22-8-4-12-3-1-2-5-17-12;16-13-11-14(22-8-4-12-3-1-2-5-17-12)19-15(18-13)20-6-9-21-10-7-20;16-13-11-14(20-6-9-21-10-7-20)19-15(18-13)22-8-4-12-3-1-2-5-17-12;9-6-5-7(12-8(10)11-6)13-1-3-14-4-2-13;9-6-5-7(10)12-8(11-6)13-1-3-14-4-2-13;9-6-4-7-3-1-2-5-8-7;1-2-4-6-5-3-1;5-2-1-3(6)9-4(7)8-2/h3*1-3,5,11H,4,6-10H2;2*5H,1-4H2;1-3,5,9H,4,6H2;1-5H2;1H. The predicted molar refractivity (Wildman–Crippen MR) is 457 cm³/mol. The first-order chi connectivity index (χ1) is 57.6. The molecule has 0 aromatic carbocycles. The Labute approximate surface area is 734 Å². The Kier molecular flexibility index (Phi) is 43.3. The van der Waals surface area contributed by atoms with Crippen molar-refractivity contribution in [2.75, 3.05) is 196 Å². The van der Waals surface area contributed by atoms with Crippen molar-refractivity contribution in [1.29, 1.82) is 0 Å². The summed E-state index contributed by atoms with van der Waals surface area (Å²) in [5, 5.41) is 11.3. The van der Waals surface area contributed by atoms with E-state index in [1.807, 2.05) is 88.7 Å². The lowest BCUT2D eigenvalue weighted by Gasteiger charge is -2.27. The second-order valence-electron chi connectivity index (χ2n) is 25.1. The van der Waals surface area contributed by atoms with Gasteiger partial charge in [0.15, 0.2) is 0 Å². The van der Waals surface area contributed by atoms with Gasteiger partial charge in [-0.3, -0.25) is 19.9 Å². The lowest BCUT2D eigenvalue weighted by molar-refractivity contribution is 0.0968. The van der Waals surface area contributed by atoms with Crippen molar-refractivity contribution >= 4 is 145 Å². The van der Waals surface area contributed by atoms with E-state index in [0.717, 1.165) is 132 Å². The van der Waals surface area contributed by atoms with E-state index in [1.165, 1.54) is 31.4 Å². The minimum absolute atomic E-state index is 0.0625. The normalized spacial score (nSPS) is 15.1. The van der Waals surface area contributed by atoms with Crippen LogP contribution < -0.4 is 38.7 Å². The summed E-state index contributed by atoms with van der Waals surface area (Å²) in [6.45, 7) is 18.4. The van der Waals surface area contributed by atoms with Crippen molar-refractivity contribution in [2.45, 2.75) is 44.9 Å². The molecule has 632 valence electrons. The third-order valence-electron chi connectivity index (χ3n) is 16.7. The van der Waals surface area contributed by atoms with Gasteiger partial charge in [-0.05, 0) is 103 Å². The number of nitrogens with zero attached hydrogens (tertiary/aromatic N) is 21. The molecule has 6 fully saturated rings. The van der Waals surface area contributed by atoms with Crippen LogP contribution in [0, 0.1) is 0 Å². The summed E-state index contributed by atoms with van der Waals surface area (Å²) in [6, 6.07) is 33.2. The van der Waals surface area contributed by atoms with Crippen molar-refractivity contribution in [2.24, 2.45) is 0 Å². The Bertz CT molecular complexity index is 4050. The molecule has 0 atom stereocenters. The fourth-order valence-electron chi connectivity index (χ4n) is 10.9. The highest BCUT2D eigenvalue weighted by Gasteiger charge is 2.21. The largest absolute Gasteiger partial charge is 0.477 e. The number of aliphatic hydroxyl groups excluding tert-OH is 1. The van der Waals surface area contributed by atoms with Crippen molar-refractivity contribution in [1.82, 2.24) is 79.7 Å². The number of aliphatic hydroxyl groups is 1. The number of hydrogen-bond acceptors (Lipinski definition) is 31. The predicted octanol–water partition coefficient (Wildman–Crippen LogP) is 13.4. The summed E-state index contributed by atoms with van der Waals surface area (Å²) in [5.74, 6) is 4.44. The van der Waals surface area contributed by atoms with E-state index in [9.17, 15) is 0 Å². The summed E-state index contributed by atoms with van der Waals surface area (Å²) in [6.07, 6.45) is 13.8. The van der Waals surface area contributed by atoms with E-state index in [2.05, 4.69) is 94.4 Å². The topological polar surface area (TPSA) is 326 Å². The number of anilines is 5. The van der Waals surface area contributed by atoms with Crippen LogP contribution in [0.1, 0.15) is 42.0 Å². The van der Waals surface area contributed by atoms with Gasteiger partial charge in [0, 0.05) is 195 Å². The molecule has 16 rings (SSSR count). The number of ether oxygens (including phenoxy) is 9. The Morgan fingerprint density at radius 1 is 0.288 bits per heavy atom. The first-order valence-corrected chi connectivity index (χ1v) is 41.5. The number of aromatic nitrogens is 16. The molecular weight excluding hydrogens is 1730 g/mol. The zero-order valence-corrected chi connectivity index (χ0v) is 71.9. The molecule has 10 aromatic heterocycles. The average Bonchev–Trinajstić information content (AvgIpc) is 0.862. The van der Waals surface area contributed by atoms with Gasteiger partial charge < -0.3 is 72.2 Å². The fourth-order valence-corrected chi connectivity index (χ4v) is 12.9. The maximum atomic E-state index is 8.48. The molecule has 0 aliphatic carbocycles. The lowest BCUT2D eigenvalue weighted by atomic mass is 10.2. The molecule has 0 spiro atoms. The van der Waals surface area contributed by atoms with E-state index >= 15 is 0 Å². The van der Waals surface area contributed by atoms with Crippen molar-refractivity contribution in [3.8, 4) is 17.8 Å². The highest BCUT2D eigenvalue weighted by molar-refractivity contribution is 6.35. The van der Waals surface area contributed by atoms with Gasteiger partial charge in [-0.1, -0.05) is 105 Å². The number of pyridine rings is 4. The zero-order valence-electron chi connectivity index (χ0n) is 64.3. The first-order valence-electron chi connectivity index (χ1n) is 37.8. The Balaban J connectivity index is 0.000000158. The van der Waals surface area contributed by atoms with E-state index in [1.54, 1.807) is 43.0 Å². The van der Waals surface area contributed by atoms with Crippen LogP contribution in [0.3, 0.4) is 0 Å². The monoisotopic (exact) mass is 1820 g/mol. The van der Waals surface area contributed by atoms with Gasteiger partial charge in [0.25, 0.3) is 0 Å². The van der Waals surface area contributed by atoms with E-state index in [4.69, 9.17) is 164 Å². The molecule has 41 heteroatoms. The molecule has 10 aromatic rings. The molecule has 0 unspecified atom stereocenters. The minimum atomic E-state index is 0.0625. The molecule has 0 saturated carbocycles. The molecule has 6 aliphatic rings. The van der Waals surface area contributed by atoms with Gasteiger partial charge in [0.1, 0.15) is 53.5 Å². The molecule has 16 heterocycles. The van der Waals surface area contributed by atoms with Crippen molar-refractivity contribution in [3.05, 3.63) is 209 Å². The van der Waals surface area contributed by atoms with Crippen LogP contribution in [0.5, 0.6) is 17.8 Å². The molecule has 0 bridgehead atoms. The number of morpholine rings is 5. The Morgan fingerprint density at radius 3 is 0.966 bits per heavy atom. The van der Waals surface area contributed by atoms with Gasteiger partial charge in [0.2, 0.25) is 39.5 Å². The SMILES string of the molecule is C1CCOCC1.Clc1cc(Cl)nc(Cl)n1.Clc1cc(Cl)nc(N2CCOCC2)n1.Clc1cc(N2CCOCC2)nc(Cl)n1.Clc1cc(N2CCOCC2)nc(OCCc2ccccn2)n1.Clc1cc(OCCc2ccccn2)nc(N2CCOCC2)n1.Clc1nc(OCCc2ccccn2)cc(N2CCOCC2)n1.OCCc1ccccn1. The van der Waals surface area contributed by atoms with Gasteiger partial charge >= 0.3 is 6.01 Å².